The first-order valence-electron chi connectivity index (χ1n) is 4.95. The third-order valence-corrected chi connectivity index (χ3v) is 2.48. The molecule has 0 aromatic carbocycles. The van der Waals surface area contributed by atoms with Gasteiger partial charge in [-0.3, -0.25) is 9.69 Å². The van der Waals surface area contributed by atoms with E-state index in [1.807, 2.05) is 11.8 Å². The average molecular weight is 187 g/mol. The predicted octanol–water partition coefficient (Wildman–Crippen LogP) is 1.97. The summed E-state index contributed by atoms with van der Waals surface area (Å²) in [6.45, 7) is 9.29. The Morgan fingerprint density at radius 1 is 1.38 bits per heavy atom. The van der Waals surface area contributed by atoms with E-state index in [9.17, 15) is 4.79 Å². The molecule has 0 aromatic heterocycles. The zero-order valence-electron chi connectivity index (χ0n) is 9.13. The monoisotopic (exact) mass is 187 g/mol. The number of unbranched alkanes of at least 4 members (excludes halogenated alkanes) is 1. The Labute approximate surface area is 80.7 Å². The fourth-order valence-corrected chi connectivity index (χ4v) is 1.32. The molecule has 0 heterocycles. The van der Waals surface area contributed by atoms with Crippen LogP contribution in [0, 0.1) is 0 Å². The summed E-state index contributed by atoms with van der Waals surface area (Å²) in [7, 11) is 0. The van der Waals surface area contributed by atoms with Gasteiger partial charge in [-0.25, -0.2) is 0 Å². The van der Waals surface area contributed by atoms with Crippen LogP contribution in [-0.2, 0) is 4.79 Å². The van der Waals surface area contributed by atoms with Crippen molar-refractivity contribution in [3.8, 4) is 0 Å². The Morgan fingerprint density at radius 3 is 2.23 bits per heavy atom. The minimum Gasteiger partial charge on any atom is -0.480 e. The minimum atomic E-state index is -0.745. The topological polar surface area (TPSA) is 40.5 Å². The molecule has 1 N–H and O–H groups in total. The van der Waals surface area contributed by atoms with Crippen LogP contribution >= 0.6 is 0 Å². The summed E-state index contributed by atoms with van der Waals surface area (Å²) < 4.78 is 0. The quantitative estimate of drug-likeness (QED) is 0.691. The van der Waals surface area contributed by atoms with Crippen molar-refractivity contribution in [2.75, 3.05) is 13.1 Å². The highest BCUT2D eigenvalue weighted by atomic mass is 16.4. The lowest BCUT2D eigenvalue weighted by Crippen LogP contribution is -2.50. The smallest absolute Gasteiger partial charge is 0.323 e. The molecule has 0 atom stereocenters. The zero-order chi connectivity index (χ0) is 10.5. The third-order valence-electron chi connectivity index (χ3n) is 2.48. The van der Waals surface area contributed by atoms with Crippen molar-refractivity contribution in [1.29, 1.82) is 0 Å². The molecule has 3 nitrogen and oxygen atoms in total. The molecule has 0 bridgehead atoms. The second kappa shape index (κ2) is 5.22. The lowest BCUT2D eigenvalue weighted by Gasteiger charge is -2.34. The molecule has 0 saturated carbocycles. The summed E-state index contributed by atoms with van der Waals surface area (Å²) in [4.78, 5) is 12.9. The molecule has 0 unspecified atom stereocenters. The summed E-state index contributed by atoms with van der Waals surface area (Å²) >= 11 is 0. The van der Waals surface area contributed by atoms with Gasteiger partial charge in [0.25, 0.3) is 0 Å². The van der Waals surface area contributed by atoms with Gasteiger partial charge >= 0.3 is 5.97 Å². The van der Waals surface area contributed by atoms with Crippen LogP contribution in [0.1, 0.15) is 40.5 Å². The molecule has 0 aliphatic rings. The molecule has 0 fully saturated rings. The Hall–Kier alpha value is -0.570. The predicted molar refractivity (Wildman–Crippen MR) is 53.9 cm³/mol. The normalized spacial score (nSPS) is 12.1. The van der Waals surface area contributed by atoms with Crippen LogP contribution in [0.4, 0.5) is 0 Å². The largest absolute Gasteiger partial charge is 0.480 e. The number of rotatable bonds is 6. The summed E-state index contributed by atoms with van der Waals surface area (Å²) in [5, 5.41) is 9.00. The van der Waals surface area contributed by atoms with Gasteiger partial charge < -0.3 is 5.11 Å². The SMILES string of the molecule is CCCCN(CC)C(C)(C)C(=O)O. The Kier molecular flexibility index (Phi) is 4.99. The van der Waals surface area contributed by atoms with Crippen molar-refractivity contribution >= 4 is 5.97 Å². The molecule has 3 heteroatoms. The fraction of sp³-hybridized carbons (Fsp3) is 0.900. The molecule has 13 heavy (non-hydrogen) atoms. The van der Waals surface area contributed by atoms with Gasteiger partial charge in [-0.1, -0.05) is 20.3 Å². The fourth-order valence-electron chi connectivity index (χ4n) is 1.32. The van der Waals surface area contributed by atoms with Crippen molar-refractivity contribution in [2.24, 2.45) is 0 Å². The van der Waals surface area contributed by atoms with Crippen LogP contribution in [-0.4, -0.2) is 34.6 Å². The van der Waals surface area contributed by atoms with E-state index in [4.69, 9.17) is 5.11 Å². The van der Waals surface area contributed by atoms with Crippen molar-refractivity contribution in [3.05, 3.63) is 0 Å². The van der Waals surface area contributed by atoms with Crippen molar-refractivity contribution in [3.63, 3.8) is 0 Å². The van der Waals surface area contributed by atoms with Gasteiger partial charge in [0.1, 0.15) is 5.54 Å². The van der Waals surface area contributed by atoms with Gasteiger partial charge in [0, 0.05) is 0 Å². The number of aliphatic carboxylic acids is 1. The van der Waals surface area contributed by atoms with E-state index in [1.165, 1.54) is 0 Å². The summed E-state index contributed by atoms with van der Waals surface area (Å²) in [5.41, 5.74) is -0.732. The summed E-state index contributed by atoms with van der Waals surface area (Å²) in [6, 6.07) is 0. The van der Waals surface area contributed by atoms with Crippen LogP contribution < -0.4 is 0 Å². The number of carbonyl (C=O) groups is 1. The molecule has 0 aliphatic heterocycles. The highest BCUT2D eigenvalue weighted by Gasteiger charge is 2.32. The van der Waals surface area contributed by atoms with Crippen LogP contribution in [0.25, 0.3) is 0 Å². The standard InChI is InChI=1S/C10H21NO2/c1-5-7-8-11(6-2)10(3,4)9(12)13/h5-8H2,1-4H3,(H,12,13). The van der Waals surface area contributed by atoms with E-state index in [-0.39, 0.29) is 0 Å². The molecule has 0 radical (unpaired) electrons. The lowest BCUT2D eigenvalue weighted by molar-refractivity contribution is -0.149. The van der Waals surface area contributed by atoms with Crippen LogP contribution in [0.3, 0.4) is 0 Å². The van der Waals surface area contributed by atoms with Gasteiger partial charge in [-0.2, -0.15) is 0 Å². The maximum atomic E-state index is 10.9. The van der Waals surface area contributed by atoms with Crippen molar-refractivity contribution in [2.45, 2.75) is 46.1 Å². The number of likely N-dealkylation sites (N-methyl/N-ethyl adjacent to an activating group) is 1. The molecular formula is C10H21NO2. The molecule has 0 rings (SSSR count). The molecular weight excluding hydrogens is 166 g/mol. The number of nitrogens with zero attached hydrogens (tertiary/aromatic N) is 1. The van der Waals surface area contributed by atoms with E-state index in [0.29, 0.717) is 0 Å². The second-order valence-corrected chi connectivity index (χ2v) is 3.80. The van der Waals surface area contributed by atoms with Gasteiger partial charge in [0.05, 0.1) is 0 Å². The first-order valence-corrected chi connectivity index (χ1v) is 4.95. The Balaban J connectivity index is 4.28. The molecule has 78 valence electrons. The lowest BCUT2D eigenvalue weighted by atomic mass is 10.0. The molecule has 0 spiro atoms. The van der Waals surface area contributed by atoms with E-state index >= 15 is 0 Å². The first-order chi connectivity index (χ1) is 5.96. The van der Waals surface area contributed by atoms with E-state index < -0.39 is 11.5 Å². The highest BCUT2D eigenvalue weighted by Crippen LogP contribution is 2.14. The molecule has 0 aromatic rings. The summed E-state index contributed by atoms with van der Waals surface area (Å²) in [6.07, 6.45) is 2.16. The molecule has 0 aliphatic carbocycles. The van der Waals surface area contributed by atoms with Crippen LogP contribution in [0.2, 0.25) is 0 Å². The molecule has 0 amide bonds. The van der Waals surface area contributed by atoms with Crippen LogP contribution in [0.5, 0.6) is 0 Å². The summed E-state index contributed by atoms with van der Waals surface area (Å²) in [5.74, 6) is -0.745. The van der Waals surface area contributed by atoms with E-state index in [1.54, 1.807) is 13.8 Å². The van der Waals surface area contributed by atoms with Crippen LogP contribution in [0.15, 0.2) is 0 Å². The minimum absolute atomic E-state index is 0.732. The van der Waals surface area contributed by atoms with E-state index in [2.05, 4.69) is 6.92 Å². The zero-order valence-corrected chi connectivity index (χ0v) is 9.13. The average Bonchev–Trinajstić information content (AvgIpc) is 2.05. The van der Waals surface area contributed by atoms with Gasteiger partial charge in [-0.05, 0) is 33.4 Å². The maximum Gasteiger partial charge on any atom is 0.323 e. The highest BCUT2D eigenvalue weighted by molar-refractivity contribution is 5.77. The number of hydrogen-bond acceptors (Lipinski definition) is 2. The van der Waals surface area contributed by atoms with Gasteiger partial charge in [0.15, 0.2) is 0 Å². The van der Waals surface area contributed by atoms with E-state index in [0.717, 1.165) is 25.9 Å². The van der Waals surface area contributed by atoms with Crippen molar-refractivity contribution in [1.82, 2.24) is 4.90 Å². The Morgan fingerprint density at radius 2 is 1.92 bits per heavy atom. The maximum absolute atomic E-state index is 10.9. The third kappa shape index (κ3) is 3.35. The second-order valence-electron chi connectivity index (χ2n) is 3.80. The van der Waals surface area contributed by atoms with Gasteiger partial charge in [0.2, 0.25) is 0 Å². The number of carboxylic acids is 1. The van der Waals surface area contributed by atoms with Crippen molar-refractivity contribution < 1.29 is 9.90 Å². The Bertz CT molecular complexity index is 166. The number of carboxylic acid groups (broad SMARTS) is 1. The number of hydrogen-bond donors (Lipinski definition) is 1. The molecule has 0 saturated heterocycles. The first kappa shape index (κ1) is 12.4. The van der Waals surface area contributed by atoms with Gasteiger partial charge in [-0.15, -0.1) is 0 Å².